The molecular weight excluding hydrogens is 429 g/mol. The summed E-state index contributed by atoms with van der Waals surface area (Å²) in [6.45, 7) is 0.575. The van der Waals surface area contributed by atoms with Crippen molar-refractivity contribution in [1.82, 2.24) is 4.98 Å². The lowest BCUT2D eigenvalue weighted by molar-refractivity contribution is 0.314. The Balaban J connectivity index is 0.000000244. The average molecular weight is 445 g/mol. The Labute approximate surface area is 175 Å². The standard InChI is InChI=1S/C13H13NO3S.C6H3Cl3/c15-13-6-3-10-9-11(4-5-12(10)14-13)17-7-1-2-8-18-16;7-4-1-2-5(8)6(9)3-4/h3-6,8-9H,1-2,7H2,(H,14,15);1-3H. The Kier molecular flexibility index (Phi) is 8.88. The number of aromatic amines is 1. The Bertz CT molecular complexity index is 1020. The molecule has 0 aliphatic rings. The summed E-state index contributed by atoms with van der Waals surface area (Å²) < 4.78 is 15.7. The topological polar surface area (TPSA) is 59.2 Å². The zero-order chi connectivity index (χ0) is 19.6. The molecule has 0 aliphatic carbocycles. The van der Waals surface area contributed by atoms with E-state index in [0.717, 1.165) is 29.5 Å². The minimum atomic E-state index is -0.109. The van der Waals surface area contributed by atoms with E-state index in [-0.39, 0.29) is 5.56 Å². The molecule has 2 aromatic carbocycles. The summed E-state index contributed by atoms with van der Waals surface area (Å²) in [5, 5.41) is 4.18. The number of nitrogens with one attached hydrogen (secondary N) is 1. The predicted molar refractivity (Wildman–Crippen MR) is 115 cm³/mol. The first-order valence-corrected chi connectivity index (χ1v) is 9.90. The molecule has 3 aromatic rings. The first-order valence-electron chi connectivity index (χ1n) is 7.96. The van der Waals surface area contributed by atoms with Crippen molar-refractivity contribution in [3.8, 4) is 5.75 Å². The van der Waals surface area contributed by atoms with Crippen molar-refractivity contribution in [2.45, 2.75) is 12.8 Å². The summed E-state index contributed by atoms with van der Waals surface area (Å²) in [7, 11) is 0. The Hall–Kier alpha value is -1.79. The van der Waals surface area contributed by atoms with Gasteiger partial charge in [-0.3, -0.25) is 4.79 Å². The molecule has 27 heavy (non-hydrogen) atoms. The molecule has 0 aliphatic heterocycles. The number of halogens is 3. The second kappa shape index (κ2) is 11.1. The first kappa shape index (κ1) is 21.5. The zero-order valence-electron chi connectivity index (χ0n) is 14.1. The van der Waals surface area contributed by atoms with Gasteiger partial charge < -0.3 is 9.72 Å². The molecule has 142 valence electrons. The summed E-state index contributed by atoms with van der Waals surface area (Å²) in [5.74, 6) is 0.768. The lowest BCUT2D eigenvalue weighted by atomic mass is 10.2. The molecule has 0 bridgehead atoms. The number of aromatic nitrogens is 1. The molecule has 0 spiro atoms. The van der Waals surface area contributed by atoms with E-state index in [4.69, 9.17) is 39.5 Å². The second-order valence-electron chi connectivity index (χ2n) is 5.38. The molecule has 1 N–H and O–H groups in total. The summed E-state index contributed by atoms with van der Waals surface area (Å²) >= 11 is 17.2. The van der Waals surface area contributed by atoms with Crippen LogP contribution in [0.4, 0.5) is 0 Å². The van der Waals surface area contributed by atoms with Crippen molar-refractivity contribution in [3.05, 3.63) is 74.0 Å². The quantitative estimate of drug-likeness (QED) is 0.328. The summed E-state index contributed by atoms with van der Waals surface area (Å²) in [5.41, 5.74) is 0.688. The van der Waals surface area contributed by atoms with Crippen LogP contribution in [0.15, 0.2) is 53.3 Å². The highest BCUT2D eigenvalue weighted by Gasteiger charge is 1.98. The van der Waals surface area contributed by atoms with E-state index in [0.29, 0.717) is 32.9 Å². The maximum atomic E-state index is 11.1. The van der Waals surface area contributed by atoms with Gasteiger partial charge in [-0.05, 0) is 55.3 Å². The van der Waals surface area contributed by atoms with Crippen molar-refractivity contribution in [1.29, 1.82) is 0 Å². The van der Waals surface area contributed by atoms with Crippen LogP contribution in [0.3, 0.4) is 0 Å². The smallest absolute Gasteiger partial charge is 0.248 e. The SMILES string of the molecule is Clc1ccc(Cl)c(Cl)c1.O=S=CCCCOc1ccc2[nH]c(=O)ccc2c1. The number of unbranched alkanes of at least 4 members (excludes halogenated alkanes) is 1. The molecule has 0 amide bonds. The lowest BCUT2D eigenvalue weighted by Gasteiger charge is -2.06. The van der Waals surface area contributed by atoms with Crippen LogP contribution >= 0.6 is 34.8 Å². The largest absolute Gasteiger partial charge is 0.494 e. The fraction of sp³-hybridized carbons (Fsp3) is 0.158. The zero-order valence-corrected chi connectivity index (χ0v) is 17.2. The molecule has 8 heteroatoms. The van der Waals surface area contributed by atoms with Gasteiger partial charge in [0.1, 0.15) is 5.75 Å². The molecule has 0 fully saturated rings. The minimum absolute atomic E-state index is 0.109. The van der Waals surface area contributed by atoms with Gasteiger partial charge in [-0.15, -0.1) is 0 Å². The summed E-state index contributed by atoms with van der Waals surface area (Å²) in [4.78, 5) is 13.9. The van der Waals surface area contributed by atoms with Gasteiger partial charge in [-0.2, -0.15) is 0 Å². The molecule has 0 saturated carbocycles. The van der Waals surface area contributed by atoms with Gasteiger partial charge in [-0.1, -0.05) is 34.8 Å². The third-order valence-corrected chi connectivity index (χ3v) is 4.73. The van der Waals surface area contributed by atoms with Crippen LogP contribution in [0.25, 0.3) is 10.9 Å². The van der Waals surface area contributed by atoms with Gasteiger partial charge in [0.2, 0.25) is 5.56 Å². The van der Waals surface area contributed by atoms with Crippen LogP contribution in [0.1, 0.15) is 12.8 Å². The fourth-order valence-corrected chi connectivity index (χ4v) is 2.89. The van der Waals surface area contributed by atoms with Gasteiger partial charge in [0.15, 0.2) is 0 Å². The summed E-state index contributed by atoms with van der Waals surface area (Å²) in [6, 6.07) is 13.7. The highest BCUT2D eigenvalue weighted by Crippen LogP contribution is 2.24. The number of H-pyrrole nitrogens is 1. The van der Waals surface area contributed by atoms with Crippen LogP contribution in [0.5, 0.6) is 5.75 Å². The average Bonchev–Trinajstić information content (AvgIpc) is 2.65. The third-order valence-electron chi connectivity index (χ3n) is 3.38. The number of hydrogen-bond acceptors (Lipinski definition) is 3. The van der Waals surface area contributed by atoms with Gasteiger partial charge in [0.05, 0.1) is 27.9 Å². The van der Waals surface area contributed by atoms with E-state index < -0.39 is 0 Å². The number of ether oxygens (including phenoxy) is 1. The van der Waals surface area contributed by atoms with Gasteiger partial charge in [0.25, 0.3) is 0 Å². The van der Waals surface area contributed by atoms with Crippen LogP contribution < -0.4 is 10.3 Å². The molecule has 0 radical (unpaired) electrons. The van der Waals surface area contributed by atoms with E-state index in [9.17, 15) is 9.00 Å². The van der Waals surface area contributed by atoms with Crippen LogP contribution in [-0.4, -0.2) is 21.2 Å². The molecule has 1 aromatic heterocycles. The van der Waals surface area contributed by atoms with Crippen LogP contribution in [0.2, 0.25) is 15.1 Å². The number of benzene rings is 2. The highest BCUT2D eigenvalue weighted by atomic mass is 35.5. The van der Waals surface area contributed by atoms with Crippen LogP contribution in [-0.2, 0) is 11.3 Å². The lowest BCUT2D eigenvalue weighted by Crippen LogP contribution is -2.02. The molecule has 3 rings (SSSR count). The molecule has 4 nitrogen and oxygen atoms in total. The number of rotatable bonds is 5. The van der Waals surface area contributed by atoms with E-state index in [1.54, 1.807) is 29.6 Å². The van der Waals surface area contributed by atoms with E-state index in [2.05, 4.69) is 4.98 Å². The second-order valence-corrected chi connectivity index (χ2v) is 7.16. The number of fused-ring (bicyclic) bond motifs is 1. The monoisotopic (exact) mass is 443 g/mol. The van der Waals surface area contributed by atoms with Gasteiger partial charge >= 0.3 is 0 Å². The highest BCUT2D eigenvalue weighted by molar-refractivity contribution is 7.64. The van der Waals surface area contributed by atoms with E-state index in [1.165, 1.54) is 6.07 Å². The Morgan fingerprint density at radius 1 is 1.00 bits per heavy atom. The molecular formula is C19H16Cl3NO3S. The van der Waals surface area contributed by atoms with Crippen molar-refractivity contribution in [3.63, 3.8) is 0 Å². The van der Waals surface area contributed by atoms with Crippen molar-refractivity contribution >= 4 is 62.3 Å². The van der Waals surface area contributed by atoms with Gasteiger partial charge in [-0.25, -0.2) is 4.21 Å². The first-order chi connectivity index (χ1) is 13.0. The molecule has 0 saturated heterocycles. The molecule has 1 heterocycles. The van der Waals surface area contributed by atoms with Crippen molar-refractivity contribution in [2.24, 2.45) is 0 Å². The minimum Gasteiger partial charge on any atom is -0.494 e. The Morgan fingerprint density at radius 3 is 2.52 bits per heavy atom. The van der Waals surface area contributed by atoms with E-state index >= 15 is 0 Å². The maximum absolute atomic E-state index is 11.1. The number of pyridine rings is 1. The third kappa shape index (κ3) is 7.39. The van der Waals surface area contributed by atoms with Crippen LogP contribution in [0, 0.1) is 0 Å². The molecule has 0 atom stereocenters. The fourth-order valence-electron chi connectivity index (χ4n) is 2.10. The number of hydrogen-bond donors (Lipinski definition) is 1. The van der Waals surface area contributed by atoms with Crippen molar-refractivity contribution < 1.29 is 8.95 Å². The van der Waals surface area contributed by atoms with Crippen molar-refractivity contribution in [2.75, 3.05) is 6.61 Å². The Morgan fingerprint density at radius 2 is 1.81 bits per heavy atom. The van der Waals surface area contributed by atoms with Gasteiger partial charge in [0, 0.05) is 27.4 Å². The maximum Gasteiger partial charge on any atom is 0.248 e. The summed E-state index contributed by atoms with van der Waals surface area (Å²) in [6.07, 6.45) is 1.56. The van der Waals surface area contributed by atoms with E-state index in [1.807, 2.05) is 18.2 Å². The molecule has 0 unspecified atom stereocenters. The normalized spacial score (nSPS) is 10.0. The predicted octanol–water partition coefficient (Wildman–Crippen LogP) is 5.35.